The van der Waals surface area contributed by atoms with Crippen LogP contribution >= 0.6 is 24.0 Å². The molecular formula is C19H30IN3O. The lowest BCUT2D eigenvalue weighted by atomic mass is 10.1. The number of rotatable bonds is 5. The van der Waals surface area contributed by atoms with E-state index < -0.39 is 0 Å². The first-order valence-corrected chi connectivity index (χ1v) is 8.44. The molecule has 0 atom stereocenters. The fourth-order valence-electron chi connectivity index (χ4n) is 2.48. The highest BCUT2D eigenvalue weighted by atomic mass is 127. The topological polar surface area (TPSA) is 45.7 Å². The lowest BCUT2D eigenvalue weighted by Crippen LogP contribution is -2.42. The average molecular weight is 443 g/mol. The molecule has 2 N–H and O–H groups in total. The van der Waals surface area contributed by atoms with Crippen LogP contribution in [0.25, 0.3) is 0 Å². The van der Waals surface area contributed by atoms with Crippen molar-refractivity contribution in [2.45, 2.75) is 58.7 Å². The standard InChI is InChI=1S/C19H29N3O.HI/c1-5-20-18(22-16-11-7-8-12-16)21-14-15-10-6-9-13-17(15)23-19(2,3)4;/h6-10,13,16H,5,11-12,14H2,1-4H3,(H2,20,21,22);1H. The van der Waals surface area contributed by atoms with E-state index >= 15 is 0 Å². The van der Waals surface area contributed by atoms with E-state index in [9.17, 15) is 0 Å². The van der Waals surface area contributed by atoms with Crippen molar-refractivity contribution in [2.24, 2.45) is 4.99 Å². The molecule has 0 heterocycles. The van der Waals surface area contributed by atoms with Gasteiger partial charge in [-0.05, 0) is 46.6 Å². The molecular weight excluding hydrogens is 413 g/mol. The number of hydrogen-bond acceptors (Lipinski definition) is 2. The quantitative estimate of drug-likeness (QED) is 0.310. The van der Waals surface area contributed by atoms with Crippen LogP contribution in [0.4, 0.5) is 0 Å². The van der Waals surface area contributed by atoms with Crippen molar-refractivity contribution in [3.8, 4) is 5.75 Å². The maximum absolute atomic E-state index is 6.04. The van der Waals surface area contributed by atoms with Crippen molar-refractivity contribution in [1.82, 2.24) is 10.6 Å². The molecule has 0 saturated carbocycles. The van der Waals surface area contributed by atoms with E-state index in [1.807, 2.05) is 18.2 Å². The summed E-state index contributed by atoms with van der Waals surface area (Å²) in [5, 5.41) is 6.81. The molecule has 2 rings (SSSR count). The van der Waals surface area contributed by atoms with Gasteiger partial charge in [-0.15, -0.1) is 24.0 Å². The van der Waals surface area contributed by atoms with Crippen molar-refractivity contribution in [1.29, 1.82) is 0 Å². The Kier molecular flexibility index (Phi) is 8.59. The fraction of sp³-hybridized carbons (Fsp3) is 0.526. The van der Waals surface area contributed by atoms with Crippen molar-refractivity contribution >= 4 is 29.9 Å². The van der Waals surface area contributed by atoms with Crippen molar-refractivity contribution in [3.63, 3.8) is 0 Å². The van der Waals surface area contributed by atoms with Crippen LogP contribution < -0.4 is 15.4 Å². The first-order chi connectivity index (χ1) is 11.0. The number of aliphatic imine (C=N–C) groups is 1. The summed E-state index contributed by atoms with van der Waals surface area (Å²) in [5.74, 6) is 1.77. The highest BCUT2D eigenvalue weighted by Crippen LogP contribution is 2.23. The molecule has 134 valence electrons. The van der Waals surface area contributed by atoms with Crippen LogP contribution in [0.5, 0.6) is 5.75 Å². The van der Waals surface area contributed by atoms with Gasteiger partial charge < -0.3 is 15.4 Å². The van der Waals surface area contributed by atoms with E-state index in [0.29, 0.717) is 12.6 Å². The van der Waals surface area contributed by atoms with E-state index in [1.54, 1.807) is 0 Å². The first kappa shape index (κ1) is 20.8. The monoisotopic (exact) mass is 443 g/mol. The minimum absolute atomic E-state index is 0. The number of hydrogen-bond donors (Lipinski definition) is 2. The SMILES string of the molecule is CCNC(=NCc1ccccc1OC(C)(C)C)NC1CC=CC1.I. The molecule has 1 aromatic rings. The zero-order valence-corrected chi connectivity index (χ0v) is 17.5. The Morgan fingerprint density at radius 2 is 1.88 bits per heavy atom. The second-order valence-electron chi connectivity index (χ2n) is 6.80. The Morgan fingerprint density at radius 1 is 1.21 bits per heavy atom. The smallest absolute Gasteiger partial charge is 0.191 e. The minimum atomic E-state index is -0.210. The van der Waals surface area contributed by atoms with Gasteiger partial charge in [0.15, 0.2) is 5.96 Å². The van der Waals surface area contributed by atoms with Crippen molar-refractivity contribution < 1.29 is 4.74 Å². The number of guanidine groups is 1. The lowest BCUT2D eigenvalue weighted by Gasteiger charge is -2.23. The van der Waals surface area contributed by atoms with E-state index in [2.05, 4.69) is 56.5 Å². The number of ether oxygens (including phenoxy) is 1. The third kappa shape index (κ3) is 7.11. The van der Waals surface area contributed by atoms with Gasteiger partial charge in [-0.2, -0.15) is 0 Å². The predicted octanol–water partition coefficient (Wildman–Crippen LogP) is 4.26. The van der Waals surface area contributed by atoms with Crippen molar-refractivity contribution in [3.05, 3.63) is 42.0 Å². The van der Waals surface area contributed by atoms with Crippen LogP contribution in [0.3, 0.4) is 0 Å². The molecule has 0 radical (unpaired) electrons. The molecule has 0 fully saturated rings. The Labute approximate surface area is 163 Å². The summed E-state index contributed by atoms with van der Waals surface area (Å²) in [4.78, 5) is 4.72. The summed E-state index contributed by atoms with van der Waals surface area (Å²) < 4.78 is 6.04. The summed E-state index contributed by atoms with van der Waals surface area (Å²) in [7, 11) is 0. The molecule has 0 aliphatic heterocycles. The van der Waals surface area contributed by atoms with Crippen molar-refractivity contribution in [2.75, 3.05) is 6.54 Å². The molecule has 0 saturated heterocycles. The predicted molar refractivity (Wildman–Crippen MR) is 112 cm³/mol. The maximum Gasteiger partial charge on any atom is 0.191 e. The summed E-state index contributed by atoms with van der Waals surface area (Å²) in [6.07, 6.45) is 6.56. The third-order valence-electron chi connectivity index (χ3n) is 3.49. The Hall–Kier alpha value is -1.24. The van der Waals surface area contributed by atoms with Crippen LogP contribution in [0.1, 0.15) is 46.1 Å². The van der Waals surface area contributed by atoms with Gasteiger partial charge in [-0.25, -0.2) is 4.99 Å². The van der Waals surface area contributed by atoms with Gasteiger partial charge in [-0.3, -0.25) is 0 Å². The highest BCUT2D eigenvalue weighted by molar-refractivity contribution is 14.0. The summed E-state index contributed by atoms with van der Waals surface area (Å²) in [6.45, 7) is 9.72. The number of nitrogens with one attached hydrogen (secondary N) is 2. The molecule has 1 aliphatic carbocycles. The largest absolute Gasteiger partial charge is 0.488 e. The summed E-state index contributed by atoms with van der Waals surface area (Å²) in [6, 6.07) is 8.57. The molecule has 0 bridgehead atoms. The maximum atomic E-state index is 6.04. The van der Waals surface area contributed by atoms with Crippen LogP contribution in [0.15, 0.2) is 41.4 Å². The molecule has 4 nitrogen and oxygen atoms in total. The molecule has 1 aromatic carbocycles. The number of halogens is 1. The minimum Gasteiger partial charge on any atom is -0.488 e. The van der Waals surface area contributed by atoms with Gasteiger partial charge in [0, 0.05) is 18.2 Å². The summed E-state index contributed by atoms with van der Waals surface area (Å²) >= 11 is 0. The fourth-order valence-corrected chi connectivity index (χ4v) is 2.48. The van der Waals surface area contributed by atoms with E-state index in [4.69, 9.17) is 9.73 Å². The first-order valence-electron chi connectivity index (χ1n) is 8.44. The van der Waals surface area contributed by atoms with Crippen LogP contribution in [-0.2, 0) is 6.54 Å². The Balaban J connectivity index is 0.00000288. The zero-order valence-electron chi connectivity index (χ0n) is 15.1. The molecule has 0 amide bonds. The second kappa shape index (κ2) is 9.91. The van der Waals surface area contributed by atoms with Gasteiger partial charge in [0.05, 0.1) is 6.54 Å². The second-order valence-corrected chi connectivity index (χ2v) is 6.80. The molecule has 0 unspecified atom stereocenters. The third-order valence-corrected chi connectivity index (χ3v) is 3.49. The van der Waals surface area contributed by atoms with Crippen LogP contribution in [-0.4, -0.2) is 24.1 Å². The molecule has 1 aliphatic rings. The van der Waals surface area contributed by atoms with Crippen LogP contribution in [0, 0.1) is 0 Å². The summed E-state index contributed by atoms with van der Waals surface area (Å²) in [5.41, 5.74) is 0.891. The van der Waals surface area contributed by atoms with Gasteiger partial charge in [0.2, 0.25) is 0 Å². The van der Waals surface area contributed by atoms with Gasteiger partial charge in [-0.1, -0.05) is 30.4 Å². The molecule has 24 heavy (non-hydrogen) atoms. The van der Waals surface area contributed by atoms with E-state index in [1.165, 1.54) is 0 Å². The van der Waals surface area contributed by atoms with E-state index in [0.717, 1.165) is 36.7 Å². The van der Waals surface area contributed by atoms with Gasteiger partial charge in [0.1, 0.15) is 11.4 Å². The normalized spacial score (nSPS) is 15.1. The molecule has 0 spiro atoms. The van der Waals surface area contributed by atoms with Gasteiger partial charge in [0.25, 0.3) is 0 Å². The highest BCUT2D eigenvalue weighted by Gasteiger charge is 2.15. The Bertz CT molecular complexity index is 556. The molecule has 5 heteroatoms. The van der Waals surface area contributed by atoms with E-state index in [-0.39, 0.29) is 29.6 Å². The number of nitrogens with zero attached hydrogens (tertiary/aromatic N) is 1. The molecule has 0 aromatic heterocycles. The lowest BCUT2D eigenvalue weighted by molar-refractivity contribution is 0.129. The Morgan fingerprint density at radius 3 is 2.50 bits per heavy atom. The number of para-hydroxylation sites is 1. The van der Waals surface area contributed by atoms with Gasteiger partial charge >= 0.3 is 0 Å². The number of benzene rings is 1. The average Bonchev–Trinajstić information content (AvgIpc) is 2.98. The van der Waals surface area contributed by atoms with Crippen LogP contribution in [0.2, 0.25) is 0 Å². The zero-order chi connectivity index (χ0) is 16.7.